The number of ether oxygens (including phenoxy) is 2. The number of anilines is 1. The number of benzene rings is 1. The van der Waals surface area contributed by atoms with E-state index in [-0.39, 0.29) is 0 Å². The van der Waals surface area contributed by atoms with Crippen LogP contribution >= 0.6 is 0 Å². The van der Waals surface area contributed by atoms with Crippen LogP contribution in [-0.2, 0) is 18.2 Å². The average Bonchev–Trinajstić information content (AvgIpc) is 2.74. The minimum atomic E-state index is 0.634. The predicted molar refractivity (Wildman–Crippen MR) is 79.8 cm³/mol. The minimum absolute atomic E-state index is 0.634. The molecule has 0 aliphatic heterocycles. The van der Waals surface area contributed by atoms with Crippen molar-refractivity contribution < 1.29 is 9.47 Å². The van der Waals surface area contributed by atoms with Crippen LogP contribution in [0.5, 0.6) is 5.75 Å². The molecule has 2 rings (SSSR count). The lowest BCUT2D eigenvalue weighted by atomic mass is 10.0. The van der Waals surface area contributed by atoms with Crippen molar-refractivity contribution in [2.24, 2.45) is 7.05 Å². The highest BCUT2D eigenvalue weighted by Crippen LogP contribution is 2.36. The lowest BCUT2D eigenvalue weighted by Gasteiger charge is -2.09. The van der Waals surface area contributed by atoms with Gasteiger partial charge in [0.05, 0.1) is 25.0 Å². The zero-order chi connectivity index (χ0) is 14.5. The molecule has 0 fully saturated rings. The van der Waals surface area contributed by atoms with Crippen LogP contribution < -0.4 is 10.5 Å². The fourth-order valence-corrected chi connectivity index (χ4v) is 2.23. The summed E-state index contributed by atoms with van der Waals surface area (Å²) < 4.78 is 12.5. The Labute approximate surface area is 119 Å². The molecule has 0 unspecified atom stereocenters. The molecular weight excluding hydrogens is 254 g/mol. The summed E-state index contributed by atoms with van der Waals surface area (Å²) >= 11 is 0. The minimum Gasteiger partial charge on any atom is -0.496 e. The number of methoxy groups -OCH3 is 1. The van der Waals surface area contributed by atoms with Crippen LogP contribution in [-0.4, -0.2) is 30.1 Å². The van der Waals surface area contributed by atoms with E-state index in [1.807, 2.05) is 38.2 Å². The highest BCUT2D eigenvalue weighted by Gasteiger charge is 2.18. The summed E-state index contributed by atoms with van der Waals surface area (Å²) in [5, 5.41) is 4.49. The quantitative estimate of drug-likeness (QED) is 0.821. The first kappa shape index (κ1) is 14.4. The van der Waals surface area contributed by atoms with Gasteiger partial charge in [0.15, 0.2) is 0 Å². The van der Waals surface area contributed by atoms with E-state index in [4.69, 9.17) is 15.2 Å². The molecule has 20 heavy (non-hydrogen) atoms. The summed E-state index contributed by atoms with van der Waals surface area (Å²) in [6.07, 6.45) is 0.728. The number of hydrogen-bond acceptors (Lipinski definition) is 4. The predicted octanol–water partition coefficient (Wildman–Crippen LogP) is 2.26. The molecule has 0 spiro atoms. The topological polar surface area (TPSA) is 62.3 Å². The lowest BCUT2D eigenvalue weighted by molar-refractivity contribution is 0.150. The van der Waals surface area contributed by atoms with Crippen LogP contribution in [0.3, 0.4) is 0 Å². The Morgan fingerprint density at radius 3 is 2.75 bits per heavy atom. The number of rotatable bonds is 6. The molecule has 0 bridgehead atoms. The highest BCUT2D eigenvalue weighted by molar-refractivity contribution is 5.81. The fourth-order valence-electron chi connectivity index (χ4n) is 2.23. The molecule has 1 aromatic carbocycles. The maximum atomic E-state index is 6.17. The zero-order valence-electron chi connectivity index (χ0n) is 12.2. The molecule has 5 heteroatoms. The van der Waals surface area contributed by atoms with Crippen molar-refractivity contribution in [3.63, 3.8) is 0 Å². The monoisotopic (exact) mass is 275 g/mol. The van der Waals surface area contributed by atoms with Crippen molar-refractivity contribution in [1.82, 2.24) is 9.78 Å². The second-order valence-corrected chi connectivity index (χ2v) is 4.48. The van der Waals surface area contributed by atoms with Gasteiger partial charge in [0, 0.05) is 25.6 Å². The van der Waals surface area contributed by atoms with Crippen molar-refractivity contribution in [3.05, 3.63) is 30.0 Å². The van der Waals surface area contributed by atoms with E-state index in [1.54, 1.807) is 11.8 Å². The molecule has 0 aliphatic carbocycles. The maximum absolute atomic E-state index is 6.17. The smallest absolute Gasteiger partial charge is 0.129 e. The second kappa shape index (κ2) is 6.43. The SMILES string of the molecule is CCOCCc1nn(C)c(N)c1-c1ccccc1OC. The van der Waals surface area contributed by atoms with Crippen LogP contribution in [0.1, 0.15) is 12.6 Å². The number of nitrogens with zero attached hydrogens (tertiary/aromatic N) is 2. The van der Waals surface area contributed by atoms with Crippen molar-refractivity contribution in [1.29, 1.82) is 0 Å². The summed E-state index contributed by atoms with van der Waals surface area (Å²) in [4.78, 5) is 0. The van der Waals surface area contributed by atoms with E-state index in [1.165, 1.54) is 0 Å². The Hall–Kier alpha value is -2.01. The molecule has 5 nitrogen and oxygen atoms in total. The van der Waals surface area contributed by atoms with E-state index in [0.29, 0.717) is 19.0 Å². The third-order valence-electron chi connectivity index (χ3n) is 3.23. The van der Waals surface area contributed by atoms with Gasteiger partial charge >= 0.3 is 0 Å². The first-order valence-corrected chi connectivity index (χ1v) is 6.71. The molecule has 1 aromatic heterocycles. The number of nitrogens with two attached hydrogens (primary N) is 1. The molecule has 0 saturated heterocycles. The molecule has 1 heterocycles. The van der Waals surface area contributed by atoms with Crippen LogP contribution in [0, 0.1) is 0 Å². The van der Waals surface area contributed by atoms with Gasteiger partial charge in [0.25, 0.3) is 0 Å². The van der Waals surface area contributed by atoms with Gasteiger partial charge in [0.2, 0.25) is 0 Å². The first-order valence-electron chi connectivity index (χ1n) is 6.71. The largest absolute Gasteiger partial charge is 0.496 e. The Bertz CT molecular complexity index is 578. The summed E-state index contributed by atoms with van der Waals surface area (Å²) in [5.41, 5.74) is 9.00. The Kier molecular flexibility index (Phi) is 4.63. The molecule has 2 N–H and O–H groups in total. The molecule has 0 amide bonds. The third kappa shape index (κ3) is 2.77. The fraction of sp³-hybridized carbons (Fsp3) is 0.400. The summed E-state index contributed by atoms with van der Waals surface area (Å²) in [6.45, 7) is 3.31. The number of hydrogen-bond donors (Lipinski definition) is 1. The number of para-hydroxylation sites is 1. The van der Waals surface area contributed by atoms with Crippen molar-refractivity contribution in [2.45, 2.75) is 13.3 Å². The van der Waals surface area contributed by atoms with E-state index >= 15 is 0 Å². The summed E-state index contributed by atoms with van der Waals surface area (Å²) in [5.74, 6) is 1.44. The Morgan fingerprint density at radius 2 is 2.05 bits per heavy atom. The normalized spacial score (nSPS) is 10.8. The van der Waals surface area contributed by atoms with Gasteiger partial charge in [-0.05, 0) is 13.0 Å². The molecule has 0 saturated carbocycles. The van der Waals surface area contributed by atoms with Crippen LogP contribution in [0.15, 0.2) is 24.3 Å². The molecule has 0 radical (unpaired) electrons. The summed E-state index contributed by atoms with van der Waals surface area (Å²) in [6, 6.07) is 7.83. The molecule has 0 atom stereocenters. The van der Waals surface area contributed by atoms with E-state index in [2.05, 4.69) is 5.10 Å². The number of aryl methyl sites for hydroxylation is 1. The van der Waals surface area contributed by atoms with Gasteiger partial charge in [0.1, 0.15) is 11.6 Å². The molecular formula is C15H21N3O2. The lowest BCUT2D eigenvalue weighted by Crippen LogP contribution is -2.00. The van der Waals surface area contributed by atoms with E-state index in [9.17, 15) is 0 Å². The Morgan fingerprint density at radius 1 is 1.30 bits per heavy atom. The zero-order valence-corrected chi connectivity index (χ0v) is 12.2. The highest BCUT2D eigenvalue weighted by atomic mass is 16.5. The first-order chi connectivity index (χ1) is 9.69. The van der Waals surface area contributed by atoms with Crippen molar-refractivity contribution in [2.75, 3.05) is 26.1 Å². The van der Waals surface area contributed by atoms with Gasteiger partial charge in [-0.15, -0.1) is 0 Å². The van der Waals surface area contributed by atoms with Crippen LogP contribution in [0.2, 0.25) is 0 Å². The van der Waals surface area contributed by atoms with Crippen LogP contribution in [0.25, 0.3) is 11.1 Å². The van der Waals surface area contributed by atoms with E-state index in [0.717, 1.165) is 29.0 Å². The number of aromatic nitrogens is 2. The molecule has 108 valence electrons. The van der Waals surface area contributed by atoms with Crippen molar-refractivity contribution in [3.8, 4) is 16.9 Å². The Balaban J connectivity index is 2.43. The average molecular weight is 275 g/mol. The molecule has 0 aliphatic rings. The van der Waals surface area contributed by atoms with Gasteiger partial charge in [-0.2, -0.15) is 5.10 Å². The third-order valence-corrected chi connectivity index (χ3v) is 3.23. The van der Waals surface area contributed by atoms with Crippen LogP contribution in [0.4, 0.5) is 5.82 Å². The van der Waals surface area contributed by atoms with Gasteiger partial charge in [-0.1, -0.05) is 18.2 Å². The second-order valence-electron chi connectivity index (χ2n) is 4.48. The van der Waals surface area contributed by atoms with Gasteiger partial charge < -0.3 is 15.2 Å². The molecule has 2 aromatic rings. The standard InChI is InChI=1S/C15H21N3O2/c1-4-20-10-9-12-14(15(16)18(2)17-12)11-7-5-6-8-13(11)19-3/h5-8H,4,9-10,16H2,1-3H3. The van der Waals surface area contributed by atoms with Gasteiger partial charge in [-0.3, -0.25) is 4.68 Å². The number of nitrogen functional groups attached to an aromatic ring is 1. The maximum Gasteiger partial charge on any atom is 0.129 e. The van der Waals surface area contributed by atoms with Gasteiger partial charge in [-0.25, -0.2) is 0 Å². The summed E-state index contributed by atoms with van der Waals surface area (Å²) in [7, 11) is 3.50. The van der Waals surface area contributed by atoms with Crippen molar-refractivity contribution >= 4 is 5.82 Å². The van der Waals surface area contributed by atoms with E-state index < -0.39 is 0 Å².